The number of aryl methyl sites for hydroxylation is 1. The zero-order valence-corrected chi connectivity index (χ0v) is 13.9. The topological polar surface area (TPSA) is 31.5 Å². The number of hydrogen-bond donors (Lipinski definition) is 1. The van der Waals surface area contributed by atoms with Gasteiger partial charge in [0.1, 0.15) is 5.75 Å². The van der Waals surface area contributed by atoms with E-state index in [-0.39, 0.29) is 12.3 Å². The van der Waals surface area contributed by atoms with Crippen molar-refractivity contribution < 1.29 is 22.3 Å². The number of ether oxygens (including phenoxy) is 1. The largest absolute Gasteiger partial charge is 0.434 e. The Labute approximate surface area is 143 Å². The van der Waals surface area contributed by atoms with Crippen molar-refractivity contribution in [1.82, 2.24) is 14.8 Å². The molecule has 1 aromatic carbocycles. The Balaban J connectivity index is 1.78. The molecule has 0 saturated carbocycles. The average molecular weight is 359 g/mol. The quantitative estimate of drug-likeness (QED) is 0.802. The third-order valence-corrected chi connectivity index (χ3v) is 4.57. The molecule has 1 N–H and O–H groups in total. The predicted octanol–water partition coefficient (Wildman–Crippen LogP) is 3.46. The second-order valence-electron chi connectivity index (χ2n) is 6.28. The van der Waals surface area contributed by atoms with Crippen LogP contribution in [-0.4, -0.2) is 60.5 Å². The molecule has 3 rings (SSSR count). The Hall–Kier alpha value is -1.80. The van der Waals surface area contributed by atoms with Gasteiger partial charge >= 0.3 is 6.61 Å². The first-order valence-corrected chi connectivity index (χ1v) is 8.21. The molecule has 4 nitrogen and oxygen atoms in total. The second kappa shape index (κ2) is 7.61. The molecule has 0 amide bonds. The minimum absolute atomic E-state index is 0.176. The average Bonchev–Trinajstić information content (AvgIpc) is 3.02. The smallest absolute Gasteiger partial charge is 0.387 e. The highest BCUT2D eigenvalue weighted by Gasteiger charge is 2.23. The first-order valence-electron chi connectivity index (χ1n) is 8.21. The van der Waals surface area contributed by atoms with Crippen LogP contribution in [0.1, 0.15) is 11.1 Å². The van der Waals surface area contributed by atoms with Crippen LogP contribution in [0.4, 0.5) is 17.6 Å². The van der Waals surface area contributed by atoms with Gasteiger partial charge in [0.05, 0.1) is 6.54 Å². The van der Waals surface area contributed by atoms with Crippen LogP contribution >= 0.6 is 0 Å². The minimum atomic E-state index is -2.89. The highest BCUT2D eigenvalue weighted by molar-refractivity contribution is 5.88. The molecule has 0 aliphatic carbocycles. The van der Waals surface area contributed by atoms with Crippen molar-refractivity contribution in [3.05, 3.63) is 29.5 Å². The summed E-state index contributed by atoms with van der Waals surface area (Å²) in [6.07, 6.45) is -0.567. The van der Waals surface area contributed by atoms with Crippen LogP contribution < -0.4 is 4.74 Å². The van der Waals surface area contributed by atoms with Gasteiger partial charge in [-0.1, -0.05) is 0 Å². The van der Waals surface area contributed by atoms with Gasteiger partial charge < -0.3 is 9.72 Å². The molecular weight excluding hydrogens is 338 g/mol. The molecule has 0 spiro atoms. The molecule has 1 aromatic heterocycles. The third-order valence-electron chi connectivity index (χ3n) is 4.57. The maximum absolute atomic E-state index is 12.8. The summed E-state index contributed by atoms with van der Waals surface area (Å²) in [7, 11) is 0. The fourth-order valence-electron chi connectivity index (χ4n) is 3.35. The van der Waals surface area contributed by atoms with Gasteiger partial charge in [-0.25, -0.2) is 8.78 Å². The first-order chi connectivity index (χ1) is 11.9. The normalized spacial score (nSPS) is 17.1. The number of halogens is 4. The van der Waals surface area contributed by atoms with Crippen LogP contribution in [0.5, 0.6) is 5.75 Å². The van der Waals surface area contributed by atoms with Crippen LogP contribution in [0.2, 0.25) is 0 Å². The van der Waals surface area contributed by atoms with Crippen LogP contribution in [0.3, 0.4) is 0 Å². The summed E-state index contributed by atoms with van der Waals surface area (Å²) in [6, 6.07) is 3.47. The predicted molar refractivity (Wildman–Crippen MR) is 87.4 cm³/mol. The van der Waals surface area contributed by atoms with Gasteiger partial charge in [-0.3, -0.25) is 9.80 Å². The van der Waals surface area contributed by atoms with E-state index in [2.05, 4.69) is 9.88 Å². The lowest BCUT2D eigenvalue weighted by atomic mass is 10.0. The van der Waals surface area contributed by atoms with E-state index >= 15 is 0 Å². The number of rotatable bonds is 6. The molecule has 0 unspecified atom stereocenters. The summed E-state index contributed by atoms with van der Waals surface area (Å²) >= 11 is 0. The van der Waals surface area contributed by atoms with Crippen molar-refractivity contribution in [2.45, 2.75) is 26.5 Å². The third kappa shape index (κ3) is 4.24. The van der Waals surface area contributed by atoms with E-state index < -0.39 is 13.0 Å². The molecule has 1 saturated heterocycles. The lowest BCUT2D eigenvalue weighted by Gasteiger charge is -2.34. The SMILES string of the molecule is Cc1cc(OC(F)F)c(CN2CCN(CC(F)F)CC2)c2cc[nH]c12. The van der Waals surface area contributed by atoms with E-state index in [1.807, 2.05) is 13.0 Å². The van der Waals surface area contributed by atoms with Crippen LogP contribution in [-0.2, 0) is 6.54 Å². The van der Waals surface area contributed by atoms with Crippen molar-refractivity contribution in [2.24, 2.45) is 0 Å². The van der Waals surface area contributed by atoms with Crippen LogP contribution in [0, 0.1) is 6.92 Å². The Morgan fingerprint density at radius 2 is 1.80 bits per heavy atom. The van der Waals surface area contributed by atoms with Gasteiger partial charge in [-0.2, -0.15) is 8.78 Å². The van der Waals surface area contributed by atoms with Crippen molar-refractivity contribution in [1.29, 1.82) is 0 Å². The number of fused-ring (bicyclic) bond motifs is 1. The standard InChI is InChI=1S/C17H21F4N3O/c1-11-8-14(25-17(20)21)13(12-2-3-22-16(11)12)9-23-4-6-24(7-5-23)10-15(18)19/h2-3,8,15,17,22H,4-7,9-10H2,1H3. The number of aromatic nitrogens is 1. The van der Waals surface area contributed by atoms with E-state index in [1.54, 1.807) is 17.2 Å². The fraction of sp³-hybridized carbons (Fsp3) is 0.529. The highest BCUT2D eigenvalue weighted by Crippen LogP contribution is 2.33. The molecule has 138 valence electrons. The Morgan fingerprint density at radius 3 is 2.44 bits per heavy atom. The fourth-order valence-corrected chi connectivity index (χ4v) is 3.35. The maximum atomic E-state index is 12.8. The van der Waals surface area contributed by atoms with E-state index in [0.717, 1.165) is 16.5 Å². The van der Waals surface area contributed by atoms with Gasteiger partial charge in [0.15, 0.2) is 0 Å². The number of nitrogens with zero attached hydrogens (tertiary/aromatic N) is 2. The highest BCUT2D eigenvalue weighted by atomic mass is 19.3. The van der Waals surface area contributed by atoms with E-state index in [0.29, 0.717) is 38.3 Å². The van der Waals surface area contributed by atoms with Gasteiger partial charge in [-0.15, -0.1) is 0 Å². The molecular formula is C17H21F4N3O. The van der Waals surface area contributed by atoms with E-state index in [9.17, 15) is 17.6 Å². The second-order valence-corrected chi connectivity index (χ2v) is 6.28. The molecule has 25 heavy (non-hydrogen) atoms. The summed E-state index contributed by atoms with van der Waals surface area (Å²) in [5, 5.41) is 0.852. The molecule has 2 aromatic rings. The van der Waals surface area contributed by atoms with Gasteiger partial charge in [0, 0.05) is 55.4 Å². The monoisotopic (exact) mass is 359 g/mol. The van der Waals surface area contributed by atoms with Gasteiger partial charge in [0.25, 0.3) is 6.43 Å². The molecule has 0 radical (unpaired) electrons. The molecule has 0 bridgehead atoms. The van der Waals surface area contributed by atoms with Crippen molar-refractivity contribution in [3.8, 4) is 5.75 Å². The Bertz CT molecular complexity index is 711. The summed E-state index contributed by atoms with van der Waals surface area (Å²) in [6.45, 7) is 1.47. The van der Waals surface area contributed by atoms with E-state index in [4.69, 9.17) is 4.74 Å². The zero-order valence-electron chi connectivity index (χ0n) is 13.9. The number of nitrogens with one attached hydrogen (secondary N) is 1. The maximum Gasteiger partial charge on any atom is 0.387 e. The van der Waals surface area contributed by atoms with Gasteiger partial charge in [0.2, 0.25) is 0 Å². The first kappa shape index (κ1) is 18.0. The van der Waals surface area contributed by atoms with Gasteiger partial charge in [-0.05, 0) is 24.6 Å². The Morgan fingerprint density at radius 1 is 1.12 bits per heavy atom. The number of piperazine rings is 1. The summed E-state index contributed by atoms with van der Waals surface area (Å²) in [4.78, 5) is 6.92. The Kier molecular flexibility index (Phi) is 5.48. The van der Waals surface area contributed by atoms with Crippen molar-refractivity contribution in [3.63, 3.8) is 0 Å². The number of hydrogen-bond acceptors (Lipinski definition) is 3. The molecule has 2 heterocycles. The van der Waals surface area contributed by atoms with Crippen LogP contribution in [0.25, 0.3) is 10.9 Å². The summed E-state index contributed by atoms with van der Waals surface area (Å²) in [5.41, 5.74) is 2.43. The number of benzene rings is 1. The van der Waals surface area contributed by atoms with Crippen molar-refractivity contribution >= 4 is 10.9 Å². The number of aromatic amines is 1. The van der Waals surface area contributed by atoms with Crippen molar-refractivity contribution in [2.75, 3.05) is 32.7 Å². The molecule has 0 atom stereocenters. The minimum Gasteiger partial charge on any atom is -0.434 e. The summed E-state index contributed by atoms with van der Waals surface area (Å²) < 4.78 is 55.2. The lowest BCUT2D eigenvalue weighted by molar-refractivity contribution is -0.0507. The van der Waals surface area contributed by atoms with Crippen LogP contribution in [0.15, 0.2) is 18.3 Å². The summed E-state index contributed by atoms with van der Waals surface area (Å²) in [5.74, 6) is 0.176. The number of alkyl halides is 4. The molecule has 1 fully saturated rings. The number of H-pyrrole nitrogens is 1. The zero-order chi connectivity index (χ0) is 18.0. The molecule has 1 aliphatic rings. The molecule has 1 aliphatic heterocycles. The van der Waals surface area contributed by atoms with E-state index in [1.165, 1.54) is 0 Å². The lowest BCUT2D eigenvalue weighted by Crippen LogP contribution is -2.47. The molecule has 8 heteroatoms.